The number of carboxylic acid groups (broad SMARTS) is 1. The van der Waals surface area contributed by atoms with Gasteiger partial charge in [-0.15, -0.1) is 0 Å². The molecule has 1 rings (SSSR count). The quantitative estimate of drug-likeness (QED) is 0.518. The highest BCUT2D eigenvalue weighted by Gasteiger charge is 2.10. The zero-order valence-corrected chi connectivity index (χ0v) is 7.73. The minimum atomic E-state index is -1.04. The van der Waals surface area contributed by atoms with E-state index in [9.17, 15) is 4.79 Å². The van der Waals surface area contributed by atoms with Gasteiger partial charge in [-0.25, -0.2) is 14.8 Å². The maximum Gasteiger partial charge on any atom is 0.339 e. The molecule has 6 nitrogen and oxygen atoms in total. The van der Waals surface area contributed by atoms with Crippen LogP contribution in [0.15, 0.2) is 12.5 Å². The molecule has 2 N–H and O–H groups in total. The van der Waals surface area contributed by atoms with Gasteiger partial charge in [0.1, 0.15) is 11.9 Å². The minimum Gasteiger partial charge on any atom is -0.478 e. The SMILES string of the molecule is CCONCc1ncncc1C(=O)O. The first-order chi connectivity index (χ1) is 6.75. The summed E-state index contributed by atoms with van der Waals surface area (Å²) in [6, 6.07) is 0. The van der Waals surface area contributed by atoms with Gasteiger partial charge in [0.05, 0.1) is 18.8 Å². The molecule has 0 saturated carbocycles. The third kappa shape index (κ3) is 2.75. The molecule has 0 aliphatic carbocycles. The van der Waals surface area contributed by atoms with E-state index in [-0.39, 0.29) is 12.1 Å². The van der Waals surface area contributed by atoms with Crippen LogP contribution in [-0.2, 0) is 11.4 Å². The van der Waals surface area contributed by atoms with Gasteiger partial charge in [-0.1, -0.05) is 0 Å². The van der Waals surface area contributed by atoms with E-state index in [1.54, 1.807) is 0 Å². The van der Waals surface area contributed by atoms with Crippen LogP contribution in [0.1, 0.15) is 23.0 Å². The average molecular weight is 197 g/mol. The molecule has 0 aromatic carbocycles. The largest absolute Gasteiger partial charge is 0.478 e. The Morgan fingerprint density at radius 1 is 1.71 bits per heavy atom. The van der Waals surface area contributed by atoms with Crippen molar-refractivity contribution in [3.8, 4) is 0 Å². The van der Waals surface area contributed by atoms with E-state index in [4.69, 9.17) is 9.94 Å². The molecule has 0 aliphatic rings. The minimum absolute atomic E-state index is 0.0831. The first-order valence-corrected chi connectivity index (χ1v) is 4.12. The van der Waals surface area contributed by atoms with Crippen molar-refractivity contribution >= 4 is 5.97 Å². The van der Waals surface area contributed by atoms with Gasteiger partial charge in [-0.2, -0.15) is 5.48 Å². The van der Waals surface area contributed by atoms with Crippen LogP contribution >= 0.6 is 0 Å². The number of aromatic carboxylic acids is 1. The fourth-order valence-electron chi connectivity index (χ4n) is 0.896. The number of nitrogens with zero attached hydrogens (tertiary/aromatic N) is 2. The summed E-state index contributed by atoms with van der Waals surface area (Å²) in [4.78, 5) is 23.0. The van der Waals surface area contributed by atoms with Crippen LogP contribution < -0.4 is 5.48 Å². The van der Waals surface area contributed by atoms with Crippen LogP contribution in [0.3, 0.4) is 0 Å². The summed E-state index contributed by atoms with van der Waals surface area (Å²) in [7, 11) is 0. The normalized spacial score (nSPS) is 10.1. The number of carboxylic acids is 1. The number of hydroxylamine groups is 1. The lowest BCUT2D eigenvalue weighted by atomic mass is 10.2. The summed E-state index contributed by atoms with van der Waals surface area (Å²) in [5, 5.41) is 8.77. The summed E-state index contributed by atoms with van der Waals surface area (Å²) >= 11 is 0. The van der Waals surface area contributed by atoms with E-state index < -0.39 is 5.97 Å². The molecule has 0 radical (unpaired) electrons. The van der Waals surface area contributed by atoms with Crippen molar-refractivity contribution in [2.45, 2.75) is 13.5 Å². The molecule has 0 aliphatic heterocycles. The Hall–Kier alpha value is -1.53. The zero-order chi connectivity index (χ0) is 10.4. The monoisotopic (exact) mass is 197 g/mol. The third-order valence-electron chi connectivity index (χ3n) is 1.51. The number of nitrogens with one attached hydrogen (secondary N) is 1. The predicted octanol–water partition coefficient (Wildman–Crippen LogP) is 0.216. The standard InChI is InChI=1S/C8H11N3O3/c1-2-14-11-4-7-6(8(12)13)3-9-5-10-7/h3,5,11H,2,4H2,1H3,(H,12,13). The van der Waals surface area contributed by atoms with Gasteiger partial charge in [-0.3, -0.25) is 0 Å². The van der Waals surface area contributed by atoms with Crippen molar-refractivity contribution in [1.29, 1.82) is 0 Å². The second kappa shape index (κ2) is 5.25. The van der Waals surface area contributed by atoms with E-state index in [2.05, 4.69) is 15.4 Å². The highest BCUT2D eigenvalue weighted by Crippen LogP contribution is 2.02. The molecule has 1 heterocycles. The maximum absolute atomic E-state index is 10.7. The number of hydrogen-bond acceptors (Lipinski definition) is 5. The summed E-state index contributed by atoms with van der Waals surface area (Å²) in [5.74, 6) is -1.04. The molecule has 14 heavy (non-hydrogen) atoms. The molecule has 0 bridgehead atoms. The molecule has 0 unspecified atom stereocenters. The van der Waals surface area contributed by atoms with Gasteiger partial charge in [0.2, 0.25) is 0 Å². The van der Waals surface area contributed by atoms with Gasteiger partial charge in [0.25, 0.3) is 0 Å². The molecule has 0 saturated heterocycles. The van der Waals surface area contributed by atoms with Crippen molar-refractivity contribution in [3.63, 3.8) is 0 Å². The summed E-state index contributed by atoms with van der Waals surface area (Å²) < 4.78 is 0. The van der Waals surface area contributed by atoms with Crippen molar-refractivity contribution in [3.05, 3.63) is 23.8 Å². The highest BCUT2D eigenvalue weighted by atomic mass is 16.6. The lowest BCUT2D eigenvalue weighted by Gasteiger charge is -2.04. The molecule has 1 aromatic heterocycles. The lowest BCUT2D eigenvalue weighted by molar-refractivity contribution is 0.0450. The van der Waals surface area contributed by atoms with Crippen LogP contribution in [0, 0.1) is 0 Å². The Kier molecular flexibility index (Phi) is 3.96. The van der Waals surface area contributed by atoms with E-state index in [0.29, 0.717) is 12.3 Å². The molecule has 1 aromatic rings. The van der Waals surface area contributed by atoms with E-state index in [1.165, 1.54) is 12.5 Å². The second-order valence-corrected chi connectivity index (χ2v) is 2.44. The van der Waals surface area contributed by atoms with E-state index >= 15 is 0 Å². The fourth-order valence-corrected chi connectivity index (χ4v) is 0.896. The number of hydrogen-bond donors (Lipinski definition) is 2. The van der Waals surface area contributed by atoms with Gasteiger partial charge in [0, 0.05) is 6.20 Å². The van der Waals surface area contributed by atoms with Crippen LogP contribution in [0.4, 0.5) is 0 Å². The van der Waals surface area contributed by atoms with E-state index in [0.717, 1.165) is 0 Å². The zero-order valence-electron chi connectivity index (χ0n) is 7.73. The van der Waals surface area contributed by atoms with Crippen LogP contribution in [0.2, 0.25) is 0 Å². The van der Waals surface area contributed by atoms with Crippen molar-refractivity contribution < 1.29 is 14.7 Å². The summed E-state index contributed by atoms with van der Waals surface area (Å²) in [6.45, 7) is 2.58. The third-order valence-corrected chi connectivity index (χ3v) is 1.51. The van der Waals surface area contributed by atoms with Crippen LogP contribution in [-0.4, -0.2) is 27.7 Å². The Bertz CT molecular complexity index is 316. The van der Waals surface area contributed by atoms with Gasteiger partial charge in [-0.05, 0) is 6.92 Å². The highest BCUT2D eigenvalue weighted by molar-refractivity contribution is 5.88. The molecular weight excluding hydrogens is 186 g/mol. The lowest BCUT2D eigenvalue weighted by Crippen LogP contribution is -2.17. The Morgan fingerprint density at radius 3 is 3.14 bits per heavy atom. The predicted molar refractivity (Wildman–Crippen MR) is 47.5 cm³/mol. The van der Waals surface area contributed by atoms with Crippen molar-refractivity contribution in [2.24, 2.45) is 0 Å². The Labute approximate surface area is 80.9 Å². The fraction of sp³-hybridized carbons (Fsp3) is 0.375. The molecule has 6 heteroatoms. The summed E-state index contributed by atoms with van der Waals surface area (Å²) in [5.41, 5.74) is 3.08. The van der Waals surface area contributed by atoms with Crippen molar-refractivity contribution in [1.82, 2.24) is 15.4 Å². The molecule has 0 atom stereocenters. The molecule has 0 fully saturated rings. The van der Waals surface area contributed by atoms with Gasteiger partial charge in [0.15, 0.2) is 0 Å². The number of carbonyl (C=O) groups is 1. The van der Waals surface area contributed by atoms with Crippen LogP contribution in [0.5, 0.6) is 0 Å². The average Bonchev–Trinajstić information content (AvgIpc) is 2.19. The Balaban J connectivity index is 2.69. The van der Waals surface area contributed by atoms with Gasteiger partial charge >= 0.3 is 5.97 Å². The first-order valence-electron chi connectivity index (χ1n) is 4.12. The van der Waals surface area contributed by atoms with Crippen molar-refractivity contribution in [2.75, 3.05) is 6.61 Å². The second-order valence-electron chi connectivity index (χ2n) is 2.44. The molecule has 0 amide bonds. The topological polar surface area (TPSA) is 84.3 Å². The molecule has 76 valence electrons. The smallest absolute Gasteiger partial charge is 0.339 e. The number of aromatic nitrogens is 2. The van der Waals surface area contributed by atoms with Gasteiger partial charge < -0.3 is 9.94 Å². The maximum atomic E-state index is 10.7. The Morgan fingerprint density at radius 2 is 2.50 bits per heavy atom. The van der Waals surface area contributed by atoms with Crippen LogP contribution in [0.25, 0.3) is 0 Å². The molecular formula is C8H11N3O3. The number of rotatable bonds is 5. The molecule has 0 spiro atoms. The first kappa shape index (κ1) is 10.6. The summed E-state index contributed by atoms with van der Waals surface area (Å²) in [6.07, 6.45) is 2.56. The van der Waals surface area contributed by atoms with E-state index in [1.807, 2.05) is 6.92 Å².